The van der Waals surface area contributed by atoms with E-state index in [9.17, 15) is 4.79 Å². The number of hydrogen-bond donors (Lipinski definition) is 2. The molecule has 76 valence electrons. The first-order chi connectivity index (χ1) is 7.08. The van der Waals surface area contributed by atoms with E-state index >= 15 is 0 Å². The minimum absolute atomic E-state index is 0.0492. The van der Waals surface area contributed by atoms with Gasteiger partial charge in [0.05, 0.1) is 5.52 Å². The molecule has 1 aromatic heterocycles. The summed E-state index contributed by atoms with van der Waals surface area (Å²) < 4.78 is 0. The summed E-state index contributed by atoms with van der Waals surface area (Å²) >= 11 is 0. The number of nitrogens with two attached hydrogens (primary N) is 1. The van der Waals surface area contributed by atoms with Gasteiger partial charge < -0.3 is 10.8 Å². The molecule has 15 heavy (non-hydrogen) atoms. The van der Waals surface area contributed by atoms with E-state index in [0.29, 0.717) is 5.52 Å². The Bertz CT molecular complexity index is 550. The summed E-state index contributed by atoms with van der Waals surface area (Å²) in [7, 11) is 0. The second-order valence-corrected chi connectivity index (χ2v) is 3.42. The predicted molar refractivity (Wildman–Crippen MR) is 57.9 cm³/mol. The predicted octanol–water partition coefficient (Wildman–Crippen LogP) is 1.82. The van der Waals surface area contributed by atoms with Crippen LogP contribution in [0.5, 0.6) is 0 Å². The molecule has 0 fully saturated rings. The second kappa shape index (κ2) is 3.24. The quantitative estimate of drug-likeness (QED) is 0.739. The Morgan fingerprint density at radius 2 is 2.13 bits per heavy atom. The molecule has 2 rings (SSSR count). The van der Waals surface area contributed by atoms with Crippen LogP contribution >= 0.6 is 0 Å². The third-order valence-corrected chi connectivity index (χ3v) is 2.23. The molecule has 0 saturated carbocycles. The lowest BCUT2D eigenvalue weighted by Crippen LogP contribution is -2.04. The number of pyridine rings is 1. The third-order valence-electron chi connectivity index (χ3n) is 2.23. The molecule has 3 N–H and O–H groups in total. The lowest BCUT2D eigenvalue weighted by Gasteiger charge is -2.03. The fraction of sp³-hybridized carbons (Fsp3) is 0.0909. The number of nitrogens with zero attached hydrogens (tertiary/aromatic N) is 1. The lowest BCUT2D eigenvalue weighted by molar-refractivity contribution is 0.0698. The van der Waals surface area contributed by atoms with Gasteiger partial charge in [-0.2, -0.15) is 0 Å². The van der Waals surface area contributed by atoms with E-state index in [1.165, 1.54) is 0 Å². The van der Waals surface area contributed by atoms with E-state index in [1.807, 2.05) is 25.1 Å². The Balaban J connectivity index is 2.77. The zero-order chi connectivity index (χ0) is 11.0. The maximum absolute atomic E-state index is 10.8. The largest absolute Gasteiger partial charge is 0.478 e. The summed E-state index contributed by atoms with van der Waals surface area (Å²) in [5, 5.41) is 9.67. The molecule has 0 amide bonds. The maximum Gasteiger partial charge on any atom is 0.339 e. The van der Waals surface area contributed by atoms with Gasteiger partial charge >= 0.3 is 5.97 Å². The van der Waals surface area contributed by atoms with Crippen molar-refractivity contribution >= 4 is 22.7 Å². The van der Waals surface area contributed by atoms with Gasteiger partial charge in [0.2, 0.25) is 0 Å². The average Bonchev–Trinajstić information content (AvgIpc) is 2.17. The van der Waals surface area contributed by atoms with Gasteiger partial charge in [0, 0.05) is 5.39 Å². The van der Waals surface area contributed by atoms with Gasteiger partial charge in [-0.05, 0) is 25.1 Å². The molecule has 0 bridgehead atoms. The van der Waals surface area contributed by atoms with Crippen LogP contribution in [0.2, 0.25) is 0 Å². The second-order valence-electron chi connectivity index (χ2n) is 3.42. The summed E-state index contributed by atoms with van der Waals surface area (Å²) in [5.74, 6) is -0.998. The number of carboxylic acid groups (broad SMARTS) is 1. The van der Waals surface area contributed by atoms with Gasteiger partial charge in [0.25, 0.3) is 0 Å². The number of hydrogen-bond acceptors (Lipinski definition) is 3. The van der Waals surface area contributed by atoms with Gasteiger partial charge in [-0.1, -0.05) is 11.6 Å². The highest BCUT2D eigenvalue weighted by molar-refractivity contribution is 5.97. The maximum atomic E-state index is 10.8. The Morgan fingerprint density at radius 1 is 1.40 bits per heavy atom. The number of anilines is 1. The normalized spacial score (nSPS) is 10.5. The number of aromatic carboxylic acids is 1. The summed E-state index contributed by atoms with van der Waals surface area (Å²) in [6.45, 7) is 1.94. The Hall–Kier alpha value is -2.10. The van der Waals surface area contributed by atoms with Crippen LogP contribution in [0, 0.1) is 6.92 Å². The van der Waals surface area contributed by atoms with Crippen LogP contribution < -0.4 is 5.73 Å². The summed E-state index contributed by atoms with van der Waals surface area (Å²) in [6, 6.07) is 7.17. The van der Waals surface area contributed by atoms with E-state index < -0.39 is 5.97 Å². The first-order valence-electron chi connectivity index (χ1n) is 4.48. The fourth-order valence-electron chi connectivity index (χ4n) is 1.48. The van der Waals surface area contributed by atoms with Crippen LogP contribution in [0.3, 0.4) is 0 Å². The summed E-state index contributed by atoms with van der Waals surface area (Å²) in [4.78, 5) is 14.9. The number of aryl methyl sites for hydroxylation is 1. The van der Waals surface area contributed by atoms with E-state index in [2.05, 4.69) is 4.98 Å². The Morgan fingerprint density at radius 3 is 2.80 bits per heavy atom. The number of carboxylic acids is 1. The number of benzene rings is 1. The third kappa shape index (κ3) is 1.61. The van der Waals surface area contributed by atoms with Gasteiger partial charge in [-0.25, -0.2) is 9.78 Å². The van der Waals surface area contributed by atoms with Crippen molar-refractivity contribution in [1.82, 2.24) is 4.98 Å². The first kappa shape index (κ1) is 9.45. The molecule has 4 nitrogen and oxygen atoms in total. The summed E-state index contributed by atoms with van der Waals surface area (Å²) in [5.41, 5.74) is 7.35. The number of fused-ring (bicyclic) bond motifs is 1. The molecule has 1 heterocycles. The van der Waals surface area contributed by atoms with Gasteiger partial charge in [-0.15, -0.1) is 0 Å². The minimum Gasteiger partial charge on any atom is -0.478 e. The van der Waals surface area contributed by atoms with Crippen molar-refractivity contribution in [2.24, 2.45) is 0 Å². The molecular formula is C11H10N2O2. The Kier molecular flexibility index (Phi) is 2.04. The fourth-order valence-corrected chi connectivity index (χ4v) is 1.48. The van der Waals surface area contributed by atoms with Crippen molar-refractivity contribution in [3.63, 3.8) is 0 Å². The van der Waals surface area contributed by atoms with Crippen molar-refractivity contribution in [2.75, 3.05) is 5.73 Å². The zero-order valence-corrected chi connectivity index (χ0v) is 8.19. The van der Waals surface area contributed by atoms with E-state index in [-0.39, 0.29) is 11.4 Å². The Labute approximate surface area is 86.4 Å². The molecule has 4 heteroatoms. The van der Waals surface area contributed by atoms with Gasteiger partial charge in [0.1, 0.15) is 11.4 Å². The van der Waals surface area contributed by atoms with E-state index in [1.54, 1.807) is 6.07 Å². The van der Waals surface area contributed by atoms with Crippen LogP contribution in [0.25, 0.3) is 10.9 Å². The number of aromatic nitrogens is 1. The molecule has 0 unspecified atom stereocenters. The monoisotopic (exact) mass is 202 g/mol. The van der Waals surface area contributed by atoms with Gasteiger partial charge in [0.15, 0.2) is 0 Å². The van der Waals surface area contributed by atoms with Crippen LogP contribution in [0.15, 0.2) is 24.3 Å². The topological polar surface area (TPSA) is 76.2 Å². The molecule has 0 atom stereocenters. The molecular weight excluding hydrogens is 192 g/mol. The highest BCUT2D eigenvalue weighted by Gasteiger charge is 2.10. The SMILES string of the molecule is Cc1ccc2nc(N)c(C(=O)O)cc2c1. The first-order valence-corrected chi connectivity index (χ1v) is 4.48. The lowest BCUT2D eigenvalue weighted by atomic mass is 10.1. The number of carbonyl (C=O) groups is 1. The van der Waals surface area contributed by atoms with Crippen LogP contribution in [-0.2, 0) is 0 Å². The van der Waals surface area contributed by atoms with Crippen molar-refractivity contribution in [3.05, 3.63) is 35.4 Å². The van der Waals surface area contributed by atoms with Gasteiger partial charge in [-0.3, -0.25) is 0 Å². The number of rotatable bonds is 1. The molecule has 1 aromatic carbocycles. The smallest absolute Gasteiger partial charge is 0.339 e. The molecule has 0 aliphatic heterocycles. The molecule has 0 radical (unpaired) electrons. The van der Waals surface area contributed by atoms with Crippen molar-refractivity contribution < 1.29 is 9.90 Å². The van der Waals surface area contributed by atoms with Crippen molar-refractivity contribution in [2.45, 2.75) is 6.92 Å². The molecule has 0 aliphatic rings. The molecule has 2 aromatic rings. The highest BCUT2D eigenvalue weighted by Crippen LogP contribution is 2.19. The highest BCUT2D eigenvalue weighted by atomic mass is 16.4. The van der Waals surface area contributed by atoms with Crippen LogP contribution in [0.1, 0.15) is 15.9 Å². The molecule has 0 aliphatic carbocycles. The van der Waals surface area contributed by atoms with E-state index in [0.717, 1.165) is 10.9 Å². The zero-order valence-electron chi connectivity index (χ0n) is 8.19. The van der Waals surface area contributed by atoms with Crippen molar-refractivity contribution in [3.8, 4) is 0 Å². The van der Waals surface area contributed by atoms with Crippen LogP contribution in [0.4, 0.5) is 5.82 Å². The minimum atomic E-state index is -1.05. The molecule has 0 saturated heterocycles. The average molecular weight is 202 g/mol. The van der Waals surface area contributed by atoms with Crippen LogP contribution in [-0.4, -0.2) is 16.1 Å². The van der Waals surface area contributed by atoms with Crippen molar-refractivity contribution in [1.29, 1.82) is 0 Å². The summed E-state index contributed by atoms with van der Waals surface area (Å²) in [6.07, 6.45) is 0. The standard InChI is InChI=1S/C11H10N2O2/c1-6-2-3-9-7(4-6)5-8(11(14)15)10(12)13-9/h2-5H,1H3,(H2,12,13)(H,14,15). The number of nitrogen functional groups attached to an aromatic ring is 1. The van der Waals surface area contributed by atoms with E-state index in [4.69, 9.17) is 10.8 Å². The molecule has 0 spiro atoms.